The van der Waals surface area contributed by atoms with Gasteiger partial charge in [0.2, 0.25) is 5.82 Å². The average molecular weight is 593 g/mol. The number of rotatable bonds is 9. The van der Waals surface area contributed by atoms with Gasteiger partial charge in [-0.05, 0) is 30.6 Å². The molecule has 0 saturated carbocycles. The van der Waals surface area contributed by atoms with Gasteiger partial charge >= 0.3 is 18.1 Å². The van der Waals surface area contributed by atoms with E-state index in [4.69, 9.17) is 9.16 Å². The second-order valence-electron chi connectivity index (χ2n) is 11.1. The summed E-state index contributed by atoms with van der Waals surface area (Å²) in [5.74, 6) is -5.99. The summed E-state index contributed by atoms with van der Waals surface area (Å²) in [4.78, 5) is 12.8. The summed E-state index contributed by atoms with van der Waals surface area (Å²) in [7, 11) is -1.95. The summed E-state index contributed by atoms with van der Waals surface area (Å²) in [6, 6.07) is 2.14. The zero-order chi connectivity index (χ0) is 28.8. The van der Waals surface area contributed by atoms with Crippen molar-refractivity contribution < 1.29 is 31.1 Å². The van der Waals surface area contributed by atoms with Crippen LogP contribution in [0.4, 0.5) is 27.8 Å². The molecular formula is C24H33F5N6O2SSi. The van der Waals surface area contributed by atoms with Crippen LogP contribution in [-0.2, 0) is 29.9 Å². The zero-order valence-electron chi connectivity index (χ0n) is 22.8. The second kappa shape index (κ2) is 10.5. The van der Waals surface area contributed by atoms with E-state index in [0.29, 0.717) is 17.3 Å². The molecule has 1 aliphatic heterocycles. The summed E-state index contributed by atoms with van der Waals surface area (Å²) >= 11 is 1.52. The van der Waals surface area contributed by atoms with Gasteiger partial charge in [0.25, 0.3) is 0 Å². The lowest BCUT2D eigenvalue weighted by molar-refractivity contribution is -0.293. The Hall–Kier alpha value is -2.39. The molecule has 0 atom stereocenters. The number of ether oxygens (including phenoxy) is 1. The molecule has 216 valence electrons. The first-order valence-electron chi connectivity index (χ1n) is 12.7. The van der Waals surface area contributed by atoms with Crippen molar-refractivity contribution in [3.8, 4) is 6.01 Å². The van der Waals surface area contributed by atoms with E-state index < -0.39 is 26.2 Å². The van der Waals surface area contributed by atoms with Crippen molar-refractivity contribution >= 4 is 35.7 Å². The number of hydrogen-bond acceptors (Lipinski definition) is 8. The van der Waals surface area contributed by atoms with Crippen LogP contribution in [0.25, 0.3) is 10.2 Å². The van der Waals surface area contributed by atoms with Crippen LogP contribution < -0.4 is 9.64 Å². The molecule has 0 fully saturated rings. The molecule has 4 heterocycles. The Balaban J connectivity index is 1.59. The third-order valence-corrected chi connectivity index (χ3v) is 12.8. The van der Waals surface area contributed by atoms with E-state index in [1.807, 2.05) is 6.07 Å². The largest absolute Gasteiger partial charge is 0.461 e. The van der Waals surface area contributed by atoms with Gasteiger partial charge in [0.05, 0.1) is 18.5 Å². The predicted molar refractivity (Wildman–Crippen MR) is 141 cm³/mol. The van der Waals surface area contributed by atoms with E-state index >= 15 is 0 Å². The fourth-order valence-corrected chi connectivity index (χ4v) is 6.10. The minimum absolute atomic E-state index is 0.00110. The predicted octanol–water partition coefficient (Wildman–Crippen LogP) is 6.31. The van der Waals surface area contributed by atoms with E-state index in [9.17, 15) is 22.0 Å². The van der Waals surface area contributed by atoms with Crippen LogP contribution >= 0.6 is 11.3 Å². The Kier molecular flexibility index (Phi) is 8.00. The van der Waals surface area contributed by atoms with Crippen LogP contribution in [0.15, 0.2) is 6.07 Å². The number of aryl methyl sites for hydroxylation is 1. The standard InChI is InChI=1S/C24H33F5N6O2SSi/c1-7-8-15-13-16-18(30-21(31-19(16)38-15)36-11-12-37-39(5,6)22(2,3)4)34-9-10-35-17(14-34)32-33-20(35)23(25,26)24(27,28)29/h13H,7-12,14H2,1-6H3. The molecule has 3 aromatic heterocycles. The van der Waals surface area contributed by atoms with Crippen LogP contribution in [0.1, 0.15) is 50.6 Å². The van der Waals surface area contributed by atoms with Crippen molar-refractivity contribution in [3.05, 3.63) is 22.6 Å². The minimum Gasteiger partial charge on any atom is -0.461 e. The fourth-order valence-electron chi connectivity index (χ4n) is 3.96. The van der Waals surface area contributed by atoms with Gasteiger partial charge in [-0.25, -0.2) is 0 Å². The van der Waals surface area contributed by atoms with E-state index in [1.54, 1.807) is 4.90 Å². The van der Waals surface area contributed by atoms with Crippen LogP contribution in [0.2, 0.25) is 18.1 Å². The van der Waals surface area contributed by atoms with Crippen LogP contribution in [0, 0.1) is 0 Å². The fraction of sp³-hybridized carbons (Fsp3) is 0.667. The van der Waals surface area contributed by atoms with Gasteiger partial charge in [0.15, 0.2) is 14.1 Å². The van der Waals surface area contributed by atoms with Crippen LogP contribution in [0.5, 0.6) is 6.01 Å². The average Bonchev–Trinajstić information content (AvgIpc) is 3.43. The molecule has 39 heavy (non-hydrogen) atoms. The molecule has 0 aromatic carbocycles. The molecule has 0 spiro atoms. The molecule has 8 nitrogen and oxygen atoms in total. The number of halogens is 5. The summed E-state index contributed by atoms with van der Waals surface area (Å²) in [5.41, 5.74) is 0. The van der Waals surface area contributed by atoms with Crippen molar-refractivity contribution in [1.29, 1.82) is 0 Å². The summed E-state index contributed by atoms with van der Waals surface area (Å²) < 4.78 is 79.8. The second-order valence-corrected chi connectivity index (χ2v) is 17.0. The Bertz CT molecular complexity index is 1320. The van der Waals surface area contributed by atoms with Gasteiger partial charge in [-0.1, -0.05) is 34.1 Å². The van der Waals surface area contributed by atoms with Crippen LogP contribution in [-0.4, -0.2) is 59.0 Å². The first kappa shape index (κ1) is 29.6. The Morgan fingerprint density at radius 3 is 2.38 bits per heavy atom. The van der Waals surface area contributed by atoms with Gasteiger partial charge in [-0.3, -0.25) is 0 Å². The topological polar surface area (TPSA) is 78.2 Å². The Morgan fingerprint density at radius 2 is 1.74 bits per heavy atom. The number of thiophene rings is 1. The maximum absolute atomic E-state index is 14.0. The minimum atomic E-state index is -5.76. The summed E-state index contributed by atoms with van der Waals surface area (Å²) in [6.45, 7) is 13.4. The molecular weight excluding hydrogens is 559 g/mol. The molecule has 0 saturated heterocycles. The first-order valence-corrected chi connectivity index (χ1v) is 16.5. The molecule has 0 aliphatic carbocycles. The maximum atomic E-state index is 14.0. The number of hydrogen-bond donors (Lipinski definition) is 0. The van der Waals surface area contributed by atoms with Gasteiger partial charge in [-0.15, -0.1) is 21.5 Å². The molecule has 0 bridgehead atoms. The lowest BCUT2D eigenvalue weighted by Crippen LogP contribution is -2.41. The van der Waals surface area contributed by atoms with E-state index in [2.05, 4.69) is 61.0 Å². The van der Waals surface area contributed by atoms with Gasteiger partial charge in [0.1, 0.15) is 17.3 Å². The third kappa shape index (κ3) is 5.89. The van der Waals surface area contributed by atoms with Crippen molar-refractivity contribution in [2.45, 2.75) is 83.9 Å². The van der Waals surface area contributed by atoms with Gasteiger partial charge < -0.3 is 18.6 Å². The van der Waals surface area contributed by atoms with Crippen molar-refractivity contribution in [2.75, 3.05) is 24.7 Å². The smallest absolute Gasteiger partial charge is 0.461 e. The zero-order valence-corrected chi connectivity index (χ0v) is 24.6. The highest BCUT2D eigenvalue weighted by Crippen LogP contribution is 2.44. The van der Waals surface area contributed by atoms with E-state index in [1.165, 1.54) is 11.3 Å². The van der Waals surface area contributed by atoms with Gasteiger partial charge in [0, 0.05) is 18.0 Å². The number of alkyl halides is 5. The molecule has 0 amide bonds. The highest BCUT2D eigenvalue weighted by atomic mass is 32.1. The quantitative estimate of drug-likeness (QED) is 0.164. The molecule has 15 heteroatoms. The molecule has 0 N–H and O–H groups in total. The normalized spacial score (nSPS) is 15.2. The van der Waals surface area contributed by atoms with Gasteiger partial charge in [-0.2, -0.15) is 31.9 Å². The van der Waals surface area contributed by atoms with Crippen LogP contribution in [0.3, 0.4) is 0 Å². The highest BCUT2D eigenvalue weighted by molar-refractivity contribution is 7.18. The third-order valence-electron chi connectivity index (χ3n) is 7.17. The first-order chi connectivity index (χ1) is 18.0. The van der Waals surface area contributed by atoms with Crippen molar-refractivity contribution in [2.24, 2.45) is 0 Å². The van der Waals surface area contributed by atoms with E-state index in [-0.39, 0.29) is 43.1 Å². The molecule has 3 aromatic rings. The Labute approximate surface area is 228 Å². The molecule has 4 rings (SSSR count). The number of fused-ring (bicyclic) bond motifs is 2. The number of anilines is 1. The lowest BCUT2D eigenvalue weighted by Gasteiger charge is -2.36. The van der Waals surface area contributed by atoms with E-state index in [0.717, 1.165) is 27.7 Å². The summed E-state index contributed by atoms with van der Waals surface area (Å²) in [5, 5.41) is 7.69. The van der Waals surface area contributed by atoms with Crippen molar-refractivity contribution in [1.82, 2.24) is 24.7 Å². The lowest BCUT2D eigenvalue weighted by atomic mass is 10.2. The highest BCUT2D eigenvalue weighted by Gasteiger charge is 2.62. The number of nitrogens with zero attached hydrogens (tertiary/aromatic N) is 6. The molecule has 1 aliphatic rings. The summed E-state index contributed by atoms with van der Waals surface area (Å²) in [6.07, 6.45) is -3.98. The SMILES string of the molecule is CCCc1cc2c(N3CCn4c(nnc4C(F)(F)C(F)(F)F)C3)nc(OCCO[Si](C)(C)C(C)(C)C)nc2s1. The monoisotopic (exact) mass is 592 g/mol. The maximum Gasteiger partial charge on any atom is 0.461 e. The molecule has 0 unspecified atom stereocenters. The number of aromatic nitrogens is 5. The Morgan fingerprint density at radius 1 is 1.03 bits per heavy atom. The molecule has 0 radical (unpaired) electrons. The van der Waals surface area contributed by atoms with Crippen molar-refractivity contribution in [3.63, 3.8) is 0 Å².